The standard InChI is InChI=1S/C18H32O4/c1-4-6-8-10-12-16(3)22-18(20)14-13-17(19)21-15-11-9-7-5-2/h13-14,16H,4-12,15H2,1-3H3/b14-13+. The Morgan fingerprint density at radius 1 is 0.864 bits per heavy atom. The van der Waals surface area contributed by atoms with Gasteiger partial charge in [-0.1, -0.05) is 52.4 Å². The lowest BCUT2D eigenvalue weighted by Crippen LogP contribution is -2.13. The maximum absolute atomic E-state index is 11.5. The Hall–Kier alpha value is -1.32. The lowest BCUT2D eigenvalue weighted by molar-refractivity contribution is -0.143. The lowest BCUT2D eigenvalue weighted by atomic mass is 10.1. The highest BCUT2D eigenvalue weighted by atomic mass is 16.5. The van der Waals surface area contributed by atoms with Crippen molar-refractivity contribution in [2.24, 2.45) is 0 Å². The third-order valence-electron chi connectivity index (χ3n) is 3.38. The van der Waals surface area contributed by atoms with Crippen molar-refractivity contribution >= 4 is 11.9 Å². The number of hydrogen-bond acceptors (Lipinski definition) is 4. The summed E-state index contributed by atoms with van der Waals surface area (Å²) in [5.74, 6) is -0.963. The summed E-state index contributed by atoms with van der Waals surface area (Å²) in [6, 6.07) is 0. The Morgan fingerprint density at radius 2 is 1.45 bits per heavy atom. The van der Waals surface area contributed by atoms with Crippen LogP contribution in [0.3, 0.4) is 0 Å². The Bertz CT molecular complexity index is 323. The van der Waals surface area contributed by atoms with Gasteiger partial charge in [0.15, 0.2) is 0 Å². The van der Waals surface area contributed by atoms with Crippen molar-refractivity contribution in [3.8, 4) is 0 Å². The van der Waals surface area contributed by atoms with Crippen molar-refractivity contribution in [2.45, 2.75) is 84.7 Å². The zero-order chi connectivity index (χ0) is 16.6. The Labute approximate surface area is 135 Å². The molecule has 1 unspecified atom stereocenters. The van der Waals surface area contributed by atoms with Crippen LogP contribution in [0.25, 0.3) is 0 Å². The van der Waals surface area contributed by atoms with Gasteiger partial charge >= 0.3 is 11.9 Å². The van der Waals surface area contributed by atoms with Gasteiger partial charge in [-0.2, -0.15) is 0 Å². The molecule has 0 aliphatic rings. The highest BCUT2D eigenvalue weighted by Crippen LogP contribution is 2.08. The van der Waals surface area contributed by atoms with Gasteiger partial charge in [-0.05, 0) is 26.2 Å². The van der Waals surface area contributed by atoms with Crippen LogP contribution < -0.4 is 0 Å². The smallest absolute Gasteiger partial charge is 0.331 e. The highest BCUT2D eigenvalue weighted by Gasteiger charge is 2.07. The molecule has 0 bridgehead atoms. The van der Waals surface area contributed by atoms with E-state index >= 15 is 0 Å². The van der Waals surface area contributed by atoms with Crippen LogP contribution in [0.1, 0.15) is 78.6 Å². The number of hydrogen-bond donors (Lipinski definition) is 0. The SMILES string of the molecule is CCCCCCOC(=O)/C=C/C(=O)OC(C)CCCCCC. The maximum Gasteiger partial charge on any atom is 0.331 e. The largest absolute Gasteiger partial charge is 0.463 e. The van der Waals surface area contributed by atoms with Crippen LogP contribution >= 0.6 is 0 Å². The van der Waals surface area contributed by atoms with E-state index in [-0.39, 0.29) is 6.10 Å². The topological polar surface area (TPSA) is 52.6 Å². The second-order valence-electron chi connectivity index (χ2n) is 5.66. The van der Waals surface area contributed by atoms with Crippen molar-refractivity contribution in [1.29, 1.82) is 0 Å². The van der Waals surface area contributed by atoms with Gasteiger partial charge in [0, 0.05) is 12.2 Å². The summed E-state index contributed by atoms with van der Waals surface area (Å²) in [4.78, 5) is 22.9. The van der Waals surface area contributed by atoms with E-state index in [4.69, 9.17) is 9.47 Å². The molecular weight excluding hydrogens is 280 g/mol. The summed E-state index contributed by atoms with van der Waals surface area (Å²) in [6.07, 6.45) is 11.9. The third-order valence-corrected chi connectivity index (χ3v) is 3.38. The zero-order valence-electron chi connectivity index (χ0n) is 14.4. The van der Waals surface area contributed by atoms with Crippen LogP contribution in [0, 0.1) is 0 Å². The summed E-state index contributed by atoms with van der Waals surface area (Å²) in [5.41, 5.74) is 0. The second kappa shape index (κ2) is 14.6. The van der Waals surface area contributed by atoms with E-state index in [1.165, 1.54) is 19.3 Å². The average Bonchev–Trinajstić information content (AvgIpc) is 2.49. The number of carbonyl (C=O) groups excluding carboxylic acids is 2. The predicted octanol–water partition coefficient (Wildman–Crippen LogP) is 4.57. The molecule has 0 N–H and O–H groups in total. The normalized spacial score (nSPS) is 12.3. The molecule has 0 amide bonds. The molecule has 0 rings (SSSR count). The summed E-state index contributed by atoms with van der Waals surface area (Å²) in [6.45, 7) is 6.58. The Balaban J connectivity index is 3.73. The van der Waals surface area contributed by atoms with E-state index in [2.05, 4.69) is 13.8 Å². The maximum atomic E-state index is 11.5. The molecule has 0 aliphatic heterocycles. The molecule has 22 heavy (non-hydrogen) atoms. The van der Waals surface area contributed by atoms with Gasteiger partial charge in [0.2, 0.25) is 0 Å². The van der Waals surface area contributed by atoms with Gasteiger partial charge in [0.1, 0.15) is 0 Å². The summed E-state index contributed by atoms with van der Waals surface area (Å²) in [5, 5.41) is 0. The van der Waals surface area contributed by atoms with E-state index in [1.807, 2.05) is 6.92 Å². The van der Waals surface area contributed by atoms with Crippen LogP contribution in [-0.2, 0) is 19.1 Å². The van der Waals surface area contributed by atoms with Crippen LogP contribution in [0.5, 0.6) is 0 Å². The summed E-state index contributed by atoms with van der Waals surface area (Å²) >= 11 is 0. The molecule has 4 heteroatoms. The minimum atomic E-state index is -0.482. The van der Waals surface area contributed by atoms with E-state index in [0.717, 1.165) is 50.7 Å². The van der Waals surface area contributed by atoms with Gasteiger partial charge in [-0.3, -0.25) is 0 Å². The van der Waals surface area contributed by atoms with E-state index < -0.39 is 11.9 Å². The molecular formula is C18H32O4. The molecule has 0 fully saturated rings. The van der Waals surface area contributed by atoms with Crippen molar-refractivity contribution in [2.75, 3.05) is 6.61 Å². The summed E-state index contributed by atoms with van der Waals surface area (Å²) < 4.78 is 10.2. The second-order valence-corrected chi connectivity index (χ2v) is 5.66. The fourth-order valence-electron chi connectivity index (χ4n) is 2.04. The van der Waals surface area contributed by atoms with Gasteiger partial charge in [0.05, 0.1) is 12.7 Å². The van der Waals surface area contributed by atoms with Crippen molar-refractivity contribution in [1.82, 2.24) is 0 Å². The molecule has 4 nitrogen and oxygen atoms in total. The predicted molar refractivity (Wildman–Crippen MR) is 88.6 cm³/mol. The molecule has 0 aromatic heterocycles. The number of ether oxygens (including phenoxy) is 2. The molecule has 0 saturated heterocycles. The van der Waals surface area contributed by atoms with E-state index in [9.17, 15) is 9.59 Å². The van der Waals surface area contributed by atoms with E-state index in [0.29, 0.717) is 6.61 Å². The first-order valence-electron chi connectivity index (χ1n) is 8.65. The minimum Gasteiger partial charge on any atom is -0.463 e. The van der Waals surface area contributed by atoms with Crippen molar-refractivity contribution < 1.29 is 19.1 Å². The van der Waals surface area contributed by atoms with Crippen molar-refractivity contribution in [3.05, 3.63) is 12.2 Å². The van der Waals surface area contributed by atoms with Crippen LogP contribution in [0.4, 0.5) is 0 Å². The fraction of sp³-hybridized carbons (Fsp3) is 0.778. The quantitative estimate of drug-likeness (QED) is 0.284. The first-order valence-corrected chi connectivity index (χ1v) is 8.65. The molecule has 0 spiro atoms. The highest BCUT2D eigenvalue weighted by molar-refractivity contribution is 5.91. The molecule has 0 aromatic carbocycles. The number of rotatable bonds is 13. The first-order chi connectivity index (χ1) is 10.6. The zero-order valence-corrected chi connectivity index (χ0v) is 14.4. The molecule has 0 aliphatic carbocycles. The van der Waals surface area contributed by atoms with Crippen LogP contribution in [0.2, 0.25) is 0 Å². The fourth-order valence-corrected chi connectivity index (χ4v) is 2.04. The lowest BCUT2D eigenvalue weighted by Gasteiger charge is -2.11. The third kappa shape index (κ3) is 13.7. The van der Waals surface area contributed by atoms with E-state index in [1.54, 1.807) is 0 Å². The molecule has 0 radical (unpaired) electrons. The number of esters is 2. The van der Waals surface area contributed by atoms with Gasteiger partial charge in [0.25, 0.3) is 0 Å². The van der Waals surface area contributed by atoms with Gasteiger partial charge in [-0.25, -0.2) is 9.59 Å². The minimum absolute atomic E-state index is 0.112. The van der Waals surface area contributed by atoms with Crippen LogP contribution in [-0.4, -0.2) is 24.6 Å². The summed E-state index contributed by atoms with van der Waals surface area (Å²) in [7, 11) is 0. The monoisotopic (exact) mass is 312 g/mol. The Morgan fingerprint density at radius 3 is 2.09 bits per heavy atom. The van der Waals surface area contributed by atoms with Gasteiger partial charge in [-0.15, -0.1) is 0 Å². The first kappa shape index (κ1) is 20.7. The number of unbranched alkanes of at least 4 members (excludes halogenated alkanes) is 6. The molecule has 0 heterocycles. The van der Waals surface area contributed by atoms with Crippen molar-refractivity contribution in [3.63, 3.8) is 0 Å². The Kier molecular flexibility index (Phi) is 13.7. The molecule has 0 aromatic rings. The molecule has 1 atom stereocenters. The van der Waals surface area contributed by atoms with Gasteiger partial charge < -0.3 is 9.47 Å². The van der Waals surface area contributed by atoms with Crippen LogP contribution in [0.15, 0.2) is 12.2 Å². The molecule has 128 valence electrons. The molecule has 0 saturated carbocycles. The average molecular weight is 312 g/mol. The number of carbonyl (C=O) groups is 2.